The van der Waals surface area contributed by atoms with E-state index in [0.717, 1.165) is 67.1 Å². The number of ether oxygens (including phenoxy) is 3. The van der Waals surface area contributed by atoms with Gasteiger partial charge in [0.15, 0.2) is 0 Å². The SMILES string of the molecule is COc1cc(OC)cc(-c2cc3c[nH+]c(NCCCC[NH+]4CCOCC4)cc3nc2NC(=O)NC(C)(C)C)c1. The van der Waals surface area contributed by atoms with Gasteiger partial charge in [-0.05, 0) is 51.0 Å². The number of aromatic nitrogens is 2. The molecule has 3 aromatic rings. The van der Waals surface area contributed by atoms with E-state index >= 15 is 0 Å². The Morgan fingerprint density at radius 3 is 2.44 bits per heavy atom. The number of fused-ring (bicyclic) bond motifs is 1. The minimum Gasteiger partial charge on any atom is -0.497 e. The number of nitrogens with zero attached hydrogens (tertiary/aromatic N) is 1. The molecule has 0 spiro atoms. The van der Waals surface area contributed by atoms with Crippen molar-refractivity contribution in [1.29, 1.82) is 0 Å². The zero-order valence-electron chi connectivity index (χ0n) is 23.7. The van der Waals surface area contributed by atoms with Gasteiger partial charge in [-0.15, -0.1) is 0 Å². The number of unbranched alkanes of at least 4 members (excludes halogenated alkanes) is 1. The van der Waals surface area contributed by atoms with E-state index in [0.29, 0.717) is 17.3 Å². The highest BCUT2D eigenvalue weighted by atomic mass is 16.5. The molecule has 1 aliphatic rings. The molecule has 2 amide bonds. The number of carbonyl (C=O) groups excluding carboxylic acids is 1. The zero-order valence-corrected chi connectivity index (χ0v) is 23.7. The summed E-state index contributed by atoms with van der Waals surface area (Å²) in [6.45, 7) is 11.8. The van der Waals surface area contributed by atoms with Gasteiger partial charge in [0, 0.05) is 29.0 Å². The summed E-state index contributed by atoms with van der Waals surface area (Å²) >= 11 is 0. The Labute approximate surface area is 230 Å². The van der Waals surface area contributed by atoms with Gasteiger partial charge in [-0.1, -0.05) is 0 Å². The fourth-order valence-electron chi connectivity index (χ4n) is 4.60. The van der Waals surface area contributed by atoms with E-state index in [9.17, 15) is 4.79 Å². The maximum Gasteiger partial charge on any atom is 0.320 e. The maximum absolute atomic E-state index is 12.8. The van der Waals surface area contributed by atoms with Crippen molar-refractivity contribution in [2.75, 3.05) is 64.2 Å². The van der Waals surface area contributed by atoms with Crippen LogP contribution in [0.3, 0.4) is 0 Å². The Morgan fingerprint density at radius 2 is 1.77 bits per heavy atom. The molecule has 10 nitrogen and oxygen atoms in total. The summed E-state index contributed by atoms with van der Waals surface area (Å²) in [4.78, 5) is 22.7. The van der Waals surface area contributed by atoms with E-state index in [1.807, 2.05) is 57.3 Å². The molecular weight excluding hydrogens is 496 g/mol. The highest BCUT2D eigenvalue weighted by molar-refractivity contribution is 5.97. The van der Waals surface area contributed by atoms with Gasteiger partial charge in [0.2, 0.25) is 0 Å². The molecule has 0 radical (unpaired) electrons. The summed E-state index contributed by atoms with van der Waals surface area (Å²) in [5.74, 6) is 2.63. The number of carbonyl (C=O) groups is 1. The van der Waals surface area contributed by atoms with E-state index in [1.165, 1.54) is 13.0 Å². The first-order chi connectivity index (χ1) is 18.7. The number of hydrogen-bond acceptors (Lipinski definition) is 6. The van der Waals surface area contributed by atoms with Crippen LogP contribution in [0.15, 0.2) is 36.5 Å². The lowest BCUT2D eigenvalue weighted by Gasteiger charge is -2.23. The first-order valence-electron chi connectivity index (χ1n) is 13.6. The van der Waals surface area contributed by atoms with Gasteiger partial charge in [-0.3, -0.25) is 10.6 Å². The normalized spacial score (nSPS) is 14.2. The second-order valence-corrected chi connectivity index (χ2v) is 10.9. The third-order valence-electron chi connectivity index (χ3n) is 6.60. The summed E-state index contributed by atoms with van der Waals surface area (Å²) in [5, 5.41) is 10.3. The van der Waals surface area contributed by atoms with Crippen LogP contribution >= 0.6 is 0 Å². The van der Waals surface area contributed by atoms with Crippen molar-refractivity contribution in [3.63, 3.8) is 0 Å². The van der Waals surface area contributed by atoms with E-state index in [2.05, 4.69) is 20.9 Å². The van der Waals surface area contributed by atoms with E-state index in [-0.39, 0.29) is 6.03 Å². The van der Waals surface area contributed by atoms with Crippen molar-refractivity contribution in [2.24, 2.45) is 0 Å². The highest BCUT2D eigenvalue weighted by Crippen LogP contribution is 2.35. The van der Waals surface area contributed by atoms with Crippen LogP contribution in [0.4, 0.5) is 16.4 Å². The standard InChI is InChI=1S/C29H40N6O4/c1-29(2,3)34-28(36)33-27-24(20-14-22(37-4)17-23(15-20)38-5)16-21-19-31-26(18-25(21)32-27)30-8-6-7-9-35-10-12-39-13-11-35/h14-19H,6-13H2,1-5H3,(H,30,31)(H2,32,33,34,36)/p+2. The van der Waals surface area contributed by atoms with Crippen LogP contribution in [-0.2, 0) is 4.74 Å². The molecule has 0 atom stereocenters. The Morgan fingerprint density at radius 1 is 1.05 bits per heavy atom. The molecule has 210 valence electrons. The van der Waals surface area contributed by atoms with Crippen molar-refractivity contribution < 1.29 is 28.9 Å². The van der Waals surface area contributed by atoms with Crippen LogP contribution in [-0.4, -0.2) is 70.2 Å². The molecular formula is C29H42N6O4+2. The zero-order chi connectivity index (χ0) is 27.8. The molecule has 10 heteroatoms. The number of anilines is 2. The fourth-order valence-corrected chi connectivity index (χ4v) is 4.60. The van der Waals surface area contributed by atoms with Crippen molar-refractivity contribution in [3.8, 4) is 22.6 Å². The fraction of sp³-hybridized carbons (Fsp3) is 0.483. The lowest BCUT2D eigenvalue weighted by atomic mass is 10.0. The van der Waals surface area contributed by atoms with E-state index < -0.39 is 5.54 Å². The molecule has 1 saturated heterocycles. The Balaban J connectivity index is 1.55. The number of urea groups is 1. The summed E-state index contributed by atoms with van der Waals surface area (Å²) in [6.07, 6.45) is 4.18. The minimum absolute atomic E-state index is 0.325. The van der Waals surface area contributed by atoms with Gasteiger partial charge in [-0.25, -0.2) is 14.8 Å². The third-order valence-corrected chi connectivity index (χ3v) is 6.60. The molecule has 0 unspecified atom stereocenters. The molecule has 0 bridgehead atoms. The topological polar surface area (TPSA) is 112 Å². The quantitative estimate of drug-likeness (QED) is 0.296. The predicted octanol–water partition coefficient (Wildman–Crippen LogP) is 2.76. The van der Waals surface area contributed by atoms with Gasteiger partial charge in [0.05, 0.1) is 58.3 Å². The summed E-state index contributed by atoms with van der Waals surface area (Å²) in [6, 6.07) is 9.27. The molecule has 4 rings (SSSR count). The number of H-pyrrole nitrogens is 1. The average Bonchev–Trinajstić information content (AvgIpc) is 2.91. The Bertz CT molecular complexity index is 1250. The smallest absolute Gasteiger partial charge is 0.320 e. The third kappa shape index (κ3) is 8.18. The lowest BCUT2D eigenvalue weighted by molar-refractivity contribution is -0.908. The maximum atomic E-state index is 12.8. The lowest BCUT2D eigenvalue weighted by Crippen LogP contribution is -3.14. The van der Waals surface area contributed by atoms with Gasteiger partial charge in [0.25, 0.3) is 5.82 Å². The second kappa shape index (κ2) is 12.9. The number of morpholine rings is 1. The van der Waals surface area contributed by atoms with Crippen LogP contribution in [0.2, 0.25) is 0 Å². The van der Waals surface area contributed by atoms with E-state index in [1.54, 1.807) is 19.1 Å². The molecule has 0 aliphatic carbocycles. The number of rotatable bonds is 10. The number of pyridine rings is 2. The summed E-state index contributed by atoms with van der Waals surface area (Å²) in [5.41, 5.74) is 1.94. The first-order valence-corrected chi connectivity index (χ1v) is 13.6. The predicted molar refractivity (Wildman–Crippen MR) is 153 cm³/mol. The van der Waals surface area contributed by atoms with Crippen LogP contribution in [0.25, 0.3) is 22.0 Å². The molecule has 39 heavy (non-hydrogen) atoms. The molecule has 5 N–H and O–H groups in total. The molecule has 1 fully saturated rings. The van der Waals surface area contributed by atoms with E-state index in [4.69, 9.17) is 19.2 Å². The molecule has 1 aromatic carbocycles. The first kappa shape index (κ1) is 28.4. The van der Waals surface area contributed by atoms with Gasteiger partial charge >= 0.3 is 6.03 Å². The number of benzene rings is 1. The number of methoxy groups -OCH3 is 2. The monoisotopic (exact) mass is 538 g/mol. The van der Waals surface area contributed by atoms with Crippen molar-refractivity contribution in [1.82, 2.24) is 10.3 Å². The molecule has 3 heterocycles. The van der Waals surface area contributed by atoms with Crippen LogP contribution in [0.5, 0.6) is 11.5 Å². The summed E-state index contributed by atoms with van der Waals surface area (Å²) < 4.78 is 16.4. The number of quaternary nitrogens is 1. The van der Waals surface area contributed by atoms with Crippen molar-refractivity contribution >= 4 is 28.6 Å². The van der Waals surface area contributed by atoms with Crippen molar-refractivity contribution in [2.45, 2.75) is 39.2 Å². The van der Waals surface area contributed by atoms with Crippen molar-refractivity contribution in [3.05, 3.63) is 36.5 Å². The average molecular weight is 539 g/mol. The second-order valence-electron chi connectivity index (χ2n) is 10.9. The van der Waals surface area contributed by atoms with Crippen LogP contribution in [0, 0.1) is 0 Å². The highest BCUT2D eigenvalue weighted by Gasteiger charge is 2.19. The van der Waals surface area contributed by atoms with Gasteiger partial charge in [0.1, 0.15) is 30.4 Å². The summed E-state index contributed by atoms with van der Waals surface area (Å²) in [7, 11) is 3.22. The number of aromatic amines is 1. The van der Waals surface area contributed by atoms with Gasteiger partial charge < -0.3 is 24.4 Å². The van der Waals surface area contributed by atoms with Crippen LogP contribution in [0.1, 0.15) is 33.6 Å². The Kier molecular flexibility index (Phi) is 9.42. The molecule has 2 aromatic heterocycles. The number of nitrogens with one attached hydrogen (secondary N) is 5. The van der Waals surface area contributed by atoms with Gasteiger partial charge in [-0.2, -0.15) is 0 Å². The van der Waals surface area contributed by atoms with Crippen LogP contribution < -0.4 is 35.3 Å². The number of hydrogen-bond donors (Lipinski definition) is 4. The number of amides is 2. The Hall–Kier alpha value is -3.63. The minimum atomic E-state index is -0.393. The molecule has 1 aliphatic heterocycles. The largest absolute Gasteiger partial charge is 0.497 e. The molecule has 0 saturated carbocycles.